The van der Waals surface area contributed by atoms with E-state index in [9.17, 15) is 39.3 Å². The molecule has 1 fully saturated rings. The van der Waals surface area contributed by atoms with E-state index in [1.165, 1.54) is 12.1 Å². The van der Waals surface area contributed by atoms with E-state index in [4.69, 9.17) is 24.1 Å². The van der Waals surface area contributed by atoms with Gasteiger partial charge in [-0.2, -0.15) is 0 Å². The maximum atomic E-state index is 13.1. The number of piperidine rings is 1. The predicted molar refractivity (Wildman–Crippen MR) is 161 cm³/mol. The fourth-order valence-corrected chi connectivity index (χ4v) is 7.63. The second-order valence-electron chi connectivity index (χ2n) is 12.5. The Hall–Kier alpha value is -4.79. The van der Waals surface area contributed by atoms with Crippen LogP contribution in [-0.2, 0) is 56.6 Å². The Balaban J connectivity index is 1.16. The number of carbonyl (C=O) groups excluding carboxylic acids is 3. The zero-order valence-electron chi connectivity index (χ0n) is 26.0. The van der Waals surface area contributed by atoms with Crippen molar-refractivity contribution < 1.29 is 63.3 Å². The number of ether oxygens (including phenoxy) is 4. The highest BCUT2D eigenvalue weighted by Gasteiger charge is 2.71. The molecule has 4 aliphatic rings. The number of rotatable bonds is 12. The fraction of sp³-hybridized carbons (Fsp3) is 0.441. The molecule has 6 atom stereocenters. The first-order valence-corrected chi connectivity index (χ1v) is 15.5. The molecular formula is C34H35NO13. The molecule has 2 aliphatic heterocycles. The van der Waals surface area contributed by atoms with Crippen molar-refractivity contribution in [2.75, 3.05) is 13.6 Å². The molecule has 0 saturated carbocycles. The van der Waals surface area contributed by atoms with E-state index >= 15 is 0 Å². The van der Waals surface area contributed by atoms with Crippen LogP contribution in [0, 0.1) is 0 Å². The lowest BCUT2D eigenvalue weighted by atomic mass is 9.50. The smallest absolute Gasteiger partial charge is 0.353 e. The van der Waals surface area contributed by atoms with Crippen molar-refractivity contribution >= 4 is 29.8 Å². The SMILES string of the molecule is CN1CC[C@]23c4c5ccc(CO)c4O[C@H]2C(OC(=O)CCC(=O)O[C@H](C(=O)O[C@H](CC(=O)O)C(=O)O)c2ccccc2)=CC[C@@]3(O)[C@H]1C5. The van der Waals surface area contributed by atoms with Crippen LogP contribution in [-0.4, -0.2) is 92.6 Å². The Morgan fingerprint density at radius 2 is 1.75 bits per heavy atom. The van der Waals surface area contributed by atoms with Crippen molar-refractivity contribution in [1.82, 2.24) is 4.90 Å². The van der Waals surface area contributed by atoms with Gasteiger partial charge in [-0.25, -0.2) is 9.59 Å². The summed E-state index contributed by atoms with van der Waals surface area (Å²) in [4.78, 5) is 63.5. The van der Waals surface area contributed by atoms with Crippen LogP contribution in [0.3, 0.4) is 0 Å². The molecule has 2 aromatic rings. The summed E-state index contributed by atoms with van der Waals surface area (Å²) in [5.74, 6) is -5.62. The summed E-state index contributed by atoms with van der Waals surface area (Å²) in [5.41, 5.74) is 0.408. The van der Waals surface area contributed by atoms with E-state index in [1.54, 1.807) is 30.3 Å². The van der Waals surface area contributed by atoms with Gasteiger partial charge in [0.25, 0.3) is 0 Å². The number of benzene rings is 2. The van der Waals surface area contributed by atoms with Gasteiger partial charge < -0.3 is 44.3 Å². The molecule has 4 N–H and O–H groups in total. The number of aliphatic hydroxyl groups is 2. The lowest BCUT2D eigenvalue weighted by Crippen LogP contribution is -2.74. The molecule has 0 unspecified atom stereocenters. The second kappa shape index (κ2) is 12.7. The quantitative estimate of drug-likeness (QED) is 0.188. The van der Waals surface area contributed by atoms with Gasteiger partial charge in [-0.1, -0.05) is 42.5 Å². The minimum atomic E-state index is -2.02. The Bertz CT molecular complexity index is 1690. The molecular weight excluding hydrogens is 630 g/mol. The van der Waals surface area contributed by atoms with Crippen molar-refractivity contribution in [2.24, 2.45) is 0 Å². The number of carboxylic acids is 2. The minimum absolute atomic E-state index is 0.139. The third-order valence-electron chi connectivity index (χ3n) is 9.85. The normalized spacial score (nSPS) is 26.2. The second-order valence-corrected chi connectivity index (χ2v) is 12.5. The average molecular weight is 666 g/mol. The van der Waals surface area contributed by atoms with Crippen LogP contribution in [0.5, 0.6) is 5.75 Å². The first-order valence-electron chi connectivity index (χ1n) is 15.5. The van der Waals surface area contributed by atoms with E-state index in [2.05, 4.69) is 4.90 Å². The monoisotopic (exact) mass is 665 g/mol. The van der Waals surface area contributed by atoms with Crippen molar-refractivity contribution in [3.05, 3.63) is 76.6 Å². The van der Waals surface area contributed by atoms with Crippen LogP contribution >= 0.6 is 0 Å². The van der Waals surface area contributed by atoms with Gasteiger partial charge in [0.05, 0.1) is 36.9 Å². The Morgan fingerprint density at radius 3 is 2.44 bits per heavy atom. The van der Waals surface area contributed by atoms with Crippen molar-refractivity contribution in [2.45, 2.75) is 80.5 Å². The summed E-state index contributed by atoms with van der Waals surface area (Å²) < 4.78 is 22.4. The first-order chi connectivity index (χ1) is 22.9. The number of hydrogen-bond acceptors (Lipinski definition) is 12. The molecule has 2 bridgehead atoms. The highest BCUT2D eigenvalue weighted by molar-refractivity contribution is 5.86. The number of likely N-dealkylation sites (N-methyl/N-ethyl adjacent to an activating group) is 1. The topological polar surface area (TPSA) is 206 Å². The summed E-state index contributed by atoms with van der Waals surface area (Å²) >= 11 is 0. The molecule has 0 radical (unpaired) electrons. The van der Waals surface area contributed by atoms with Gasteiger partial charge in [-0.3, -0.25) is 14.4 Å². The standard InChI is InChI=1S/C34H35NO13/c1-35-14-13-33-27-19-7-8-20(17-36)28(27)48-30(33)21(11-12-34(33,44)23(35)15-19)45-25(39)9-10-26(40)47-29(18-5-3-2-4-6-18)32(43)46-22(31(41)42)16-24(37)38/h2-8,11,22-23,29-30,36,44H,9-10,12-17H2,1H3,(H,37,38)(H,41,42)/t22-,23-,29+,30+,33+,34-/m1/s1. The minimum Gasteiger partial charge on any atom is -0.481 e. The summed E-state index contributed by atoms with van der Waals surface area (Å²) in [6, 6.07) is 11.1. The lowest BCUT2D eigenvalue weighted by Gasteiger charge is -2.61. The summed E-state index contributed by atoms with van der Waals surface area (Å²) in [5, 5.41) is 40.6. The molecule has 2 aliphatic carbocycles. The van der Waals surface area contributed by atoms with E-state index in [0.29, 0.717) is 30.7 Å². The van der Waals surface area contributed by atoms with Gasteiger partial charge in [-0.05, 0) is 38.1 Å². The van der Waals surface area contributed by atoms with Crippen molar-refractivity contribution in [1.29, 1.82) is 0 Å². The molecule has 1 saturated heterocycles. The largest absolute Gasteiger partial charge is 0.481 e. The van der Waals surface area contributed by atoms with Crippen LogP contribution in [0.1, 0.15) is 60.5 Å². The third-order valence-corrected chi connectivity index (χ3v) is 9.85. The summed E-state index contributed by atoms with van der Waals surface area (Å²) in [6.45, 7) is 0.388. The molecule has 2 aromatic carbocycles. The number of nitrogens with zero attached hydrogens (tertiary/aromatic N) is 1. The summed E-state index contributed by atoms with van der Waals surface area (Å²) in [6.07, 6.45) is -3.65. The zero-order chi connectivity index (χ0) is 34.4. The van der Waals surface area contributed by atoms with Crippen LogP contribution in [0.4, 0.5) is 0 Å². The number of carbonyl (C=O) groups is 5. The van der Waals surface area contributed by atoms with Crippen LogP contribution in [0.25, 0.3) is 0 Å². The number of aliphatic carboxylic acids is 2. The molecule has 48 heavy (non-hydrogen) atoms. The number of aliphatic hydroxyl groups excluding tert-OH is 1. The van der Waals surface area contributed by atoms with Crippen molar-refractivity contribution in [3.63, 3.8) is 0 Å². The van der Waals surface area contributed by atoms with Gasteiger partial charge >= 0.3 is 29.8 Å². The molecule has 1 spiro atoms. The van der Waals surface area contributed by atoms with Crippen LogP contribution in [0.2, 0.25) is 0 Å². The molecule has 0 aromatic heterocycles. The average Bonchev–Trinajstić information content (AvgIpc) is 3.41. The van der Waals surface area contributed by atoms with Gasteiger partial charge in [0.15, 0.2) is 6.10 Å². The number of hydrogen-bond donors (Lipinski definition) is 4. The van der Waals surface area contributed by atoms with E-state index < -0.39 is 78.4 Å². The fourth-order valence-electron chi connectivity index (χ4n) is 7.63. The first kappa shape index (κ1) is 33.1. The van der Waals surface area contributed by atoms with E-state index in [1.807, 2.05) is 13.1 Å². The Morgan fingerprint density at radius 1 is 1.02 bits per heavy atom. The lowest BCUT2D eigenvalue weighted by molar-refractivity contribution is -0.179. The van der Waals surface area contributed by atoms with Gasteiger partial charge in [0.2, 0.25) is 12.2 Å². The molecule has 14 nitrogen and oxygen atoms in total. The van der Waals surface area contributed by atoms with E-state index in [0.717, 1.165) is 11.1 Å². The molecule has 2 heterocycles. The van der Waals surface area contributed by atoms with Crippen molar-refractivity contribution in [3.8, 4) is 5.75 Å². The van der Waals surface area contributed by atoms with Gasteiger partial charge in [0.1, 0.15) is 11.5 Å². The molecule has 254 valence electrons. The van der Waals surface area contributed by atoms with Crippen LogP contribution < -0.4 is 4.74 Å². The number of likely N-dealkylation sites (tertiary alicyclic amines) is 1. The molecule has 6 rings (SSSR count). The molecule has 14 heteroatoms. The number of carboxylic acid groups (broad SMARTS) is 2. The van der Waals surface area contributed by atoms with Crippen LogP contribution in [0.15, 0.2) is 54.3 Å². The molecule has 0 amide bonds. The Kier molecular flexibility index (Phi) is 8.75. The maximum absolute atomic E-state index is 13.1. The van der Waals surface area contributed by atoms with Gasteiger partial charge in [-0.15, -0.1) is 0 Å². The van der Waals surface area contributed by atoms with E-state index in [-0.39, 0.29) is 30.4 Å². The zero-order valence-corrected chi connectivity index (χ0v) is 26.0. The predicted octanol–water partition coefficient (Wildman–Crippen LogP) is 1.54. The highest BCUT2D eigenvalue weighted by atomic mass is 16.6. The Labute approximate surface area is 274 Å². The third kappa shape index (κ3) is 5.49. The van der Waals surface area contributed by atoms with Gasteiger partial charge in [0, 0.05) is 29.2 Å². The highest BCUT2D eigenvalue weighted by Crippen LogP contribution is 2.64. The maximum Gasteiger partial charge on any atom is 0.353 e. The number of esters is 3. The summed E-state index contributed by atoms with van der Waals surface area (Å²) in [7, 11) is 1.97.